The van der Waals surface area contributed by atoms with Gasteiger partial charge in [-0.3, -0.25) is 4.90 Å². The number of hydrogen-bond donors (Lipinski definition) is 2. The fourth-order valence-electron chi connectivity index (χ4n) is 1.90. The molecule has 106 valence electrons. The summed E-state index contributed by atoms with van der Waals surface area (Å²) < 4.78 is 13.9. The third-order valence-corrected chi connectivity index (χ3v) is 3.02. The van der Waals surface area contributed by atoms with Gasteiger partial charge < -0.3 is 10.8 Å². The maximum absolute atomic E-state index is 13.9. The molecule has 5 heteroatoms. The molecule has 19 heavy (non-hydrogen) atoms. The Kier molecular flexibility index (Phi) is 5.40. The quantitative estimate of drug-likeness (QED) is 0.785. The first-order valence-electron chi connectivity index (χ1n) is 6.26. The Balaban J connectivity index is 2.83. The van der Waals surface area contributed by atoms with Gasteiger partial charge in [0, 0.05) is 24.2 Å². The van der Waals surface area contributed by atoms with Gasteiger partial charge in [0.2, 0.25) is 0 Å². The van der Waals surface area contributed by atoms with Crippen molar-refractivity contribution in [1.29, 1.82) is 0 Å². The molecule has 0 spiro atoms. The van der Waals surface area contributed by atoms with Crippen LogP contribution in [0.5, 0.6) is 0 Å². The Morgan fingerprint density at radius 3 is 2.53 bits per heavy atom. The summed E-state index contributed by atoms with van der Waals surface area (Å²) in [5, 5.41) is 9.81. The van der Waals surface area contributed by atoms with E-state index in [0.717, 1.165) is 6.54 Å². The molecule has 0 bridgehead atoms. The Labute approximate surface area is 119 Å². The van der Waals surface area contributed by atoms with Crippen LogP contribution in [0, 0.1) is 5.82 Å². The van der Waals surface area contributed by atoms with Gasteiger partial charge in [0.1, 0.15) is 10.8 Å². The number of rotatable bonds is 6. The fraction of sp³-hybridized carbons (Fsp3) is 0.500. The van der Waals surface area contributed by atoms with Gasteiger partial charge in [-0.2, -0.15) is 0 Å². The monoisotopic (exact) mass is 284 g/mol. The first-order chi connectivity index (χ1) is 8.73. The smallest absolute Gasteiger partial charge is 0.128 e. The number of nitrogens with zero attached hydrogens (tertiary/aromatic N) is 1. The number of halogens is 1. The molecular formula is C14H21FN2OS. The SMILES string of the molecule is CCN(Cc1ccc(C(N)=S)cc1F)CC(C)(C)O. The van der Waals surface area contributed by atoms with Crippen molar-refractivity contribution >= 4 is 17.2 Å². The number of hydrogen-bond acceptors (Lipinski definition) is 3. The average molecular weight is 284 g/mol. The van der Waals surface area contributed by atoms with E-state index in [9.17, 15) is 9.50 Å². The Bertz CT molecular complexity index is 457. The minimum atomic E-state index is -0.800. The second-order valence-corrected chi connectivity index (χ2v) is 5.73. The lowest BCUT2D eigenvalue weighted by Crippen LogP contribution is -2.38. The molecule has 0 unspecified atom stereocenters. The Morgan fingerprint density at radius 1 is 1.47 bits per heavy atom. The second kappa shape index (κ2) is 6.41. The summed E-state index contributed by atoms with van der Waals surface area (Å²) in [6.45, 7) is 7.13. The first-order valence-corrected chi connectivity index (χ1v) is 6.66. The fourth-order valence-corrected chi connectivity index (χ4v) is 2.02. The van der Waals surface area contributed by atoms with E-state index in [1.165, 1.54) is 6.07 Å². The van der Waals surface area contributed by atoms with Crippen LogP contribution in [0.15, 0.2) is 18.2 Å². The first kappa shape index (κ1) is 16.0. The third-order valence-electron chi connectivity index (χ3n) is 2.79. The summed E-state index contributed by atoms with van der Waals surface area (Å²) in [5.41, 5.74) is 5.77. The Hall–Kier alpha value is -1.04. The molecule has 0 aromatic heterocycles. The van der Waals surface area contributed by atoms with E-state index >= 15 is 0 Å². The highest BCUT2D eigenvalue weighted by atomic mass is 32.1. The number of nitrogens with two attached hydrogens (primary N) is 1. The minimum Gasteiger partial charge on any atom is -0.389 e. The van der Waals surface area contributed by atoms with Crippen molar-refractivity contribution in [2.24, 2.45) is 5.73 Å². The molecule has 0 aliphatic carbocycles. The van der Waals surface area contributed by atoms with Crippen molar-refractivity contribution in [3.63, 3.8) is 0 Å². The van der Waals surface area contributed by atoms with Gasteiger partial charge in [0.05, 0.1) is 5.60 Å². The lowest BCUT2D eigenvalue weighted by Gasteiger charge is -2.28. The van der Waals surface area contributed by atoms with Crippen molar-refractivity contribution in [3.05, 3.63) is 35.1 Å². The van der Waals surface area contributed by atoms with E-state index in [0.29, 0.717) is 24.2 Å². The molecule has 0 atom stereocenters. The molecule has 0 amide bonds. The van der Waals surface area contributed by atoms with Gasteiger partial charge in [-0.25, -0.2) is 4.39 Å². The zero-order chi connectivity index (χ0) is 14.6. The maximum atomic E-state index is 13.9. The third kappa shape index (κ3) is 5.22. The molecule has 1 rings (SSSR count). The summed E-state index contributed by atoms with van der Waals surface area (Å²) in [7, 11) is 0. The highest BCUT2D eigenvalue weighted by molar-refractivity contribution is 7.80. The summed E-state index contributed by atoms with van der Waals surface area (Å²) >= 11 is 4.81. The van der Waals surface area contributed by atoms with Crippen molar-refractivity contribution in [1.82, 2.24) is 4.90 Å². The van der Waals surface area contributed by atoms with Crippen LogP contribution in [0.1, 0.15) is 31.9 Å². The highest BCUT2D eigenvalue weighted by Gasteiger charge is 2.18. The van der Waals surface area contributed by atoms with Crippen LogP contribution in [0.4, 0.5) is 4.39 Å². The molecule has 0 aliphatic heterocycles. The molecule has 0 saturated carbocycles. The average Bonchev–Trinajstić information content (AvgIpc) is 2.28. The van der Waals surface area contributed by atoms with Crippen molar-refractivity contribution < 1.29 is 9.50 Å². The largest absolute Gasteiger partial charge is 0.389 e. The van der Waals surface area contributed by atoms with Gasteiger partial charge in [-0.15, -0.1) is 0 Å². The molecule has 0 radical (unpaired) electrons. The maximum Gasteiger partial charge on any atom is 0.128 e. The minimum absolute atomic E-state index is 0.189. The molecule has 1 aromatic carbocycles. The molecule has 3 nitrogen and oxygen atoms in total. The van der Waals surface area contributed by atoms with E-state index in [1.54, 1.807) is 26.0 Å². The van der Waals surface area contributed by atoms with Crippen LogP contribution >= 0.6 is 12.2 Å². The van der Waals surface area contributed by atoms with Crippen LogP contribution in [0.3, 0.4) is 0 Å². The van der Waals surface area contributed by atoms with Crippen LogP contribution in [0.2, 0.25) is 0 Å². The molecule has 1 aromatic rings. The van der Waals surface area contributed by atoms with E-state index < -0.39 is 5.60 Å². The summed E-state index contributed by atoms with van der Waals surface area (Å²) in [5.74, 6) is -0.320. The predicted octanol–water partition coefficient (Wildman–Crippen LogP) is 2.05. The topological polar surface area (TPSA) is 49.5 Å². The second-order valence-electron chi connectivity index (χ2n) is 5.29. The number of benzene rings is 1. The van der Waals surface area contributed by atoms with E-state index in [4.69, 9.17) is 18.0 Å². The summed E-state index contributed by atoms with van der Waals surface area (Å²) in [6.07, 6.45) is 0. The molecule has 3 N–H and O–H groups in total. The zero-order valence-electron chi connectivity index (χ0n) is 11.6. The number of aliphatic hydroxyl groups is 1. The Morgan fingerprint density at radius 2 is 2.11 bits per heavy atom. The lowest BCUT2D eigenvalue weighted by molar-refractivity contribution is 0.0350. The molecule has 0 fully saturated rings. The van der Waals surface area contributed by atoms with Crippen molar-refractivity contribution in [2.45, 2.75) is 32.9 Å². The molecule has 0 heterocycles. The molecule has 0 aliphatic rings. The standard InChI is InChI=1S/C14H21FN2OS/c1-4-17(9-14(2,3)18)8-11-6-5-10(13(16)19)7-12(11)15/h5-7,18H,4,8-9H2,1-3H3,(H2,16,19). The van der Waals surface area contributed by atoms with Crippen molar-refractivity contribution in [3.8, 4) is 0 Å². The predicted molar refractivity (Wildman–Crippen MR) is 79.5 cm³/mol. The highest BCUT2D eigenvalue weighted by Crippen LogP contribution is 2.15. The van der Waals surface area contributed by atoms with Crippen LogP contribution in [-0.4, -0.2) is 33.7 Å². The summed E-state index contributed by atoms with van der Waals surface area (Å²) in [4.78, 5) is 2.17. The van der Waals surface area contributed by atoms with Crippen LogP contribution < -0.4 is 5.73 Å². The van der Waals surface area contributed by atoms with Gasteiger partial charge in [0.25, 0.3) is 0 Å². The van der Waals surface area contributed by atoms with Crippen LogP contribution in [0.25, 0.3) is 0 Å². The molecule has 0 saturated heterocycles. The van der Waals surface area contributed by atoms with Gasteiger partial charge in [-0.05, 0) is 26.5 Å². The van der Waals surface area contributed by atoms with Gasteiger partial charge in [0.15, 0.2) is 0 Å². The normalized spacial score (nSPS) is 11.9. The van der Waals surface area contributed by atoms with Crippen molar-refractivity contribution in [2.75, 3.05) is 13.1 Å². The number of likely N-dealkylation sites (N-methyl/N-ethyl adjacent to an activating group) is 1. The molecular weight excluding hydrogens is 263 g/mol. The van der Waals surface area contributed by atoms with Gasteiger partial charge in [-0.1, -0.05) is 31.3 Å². The number of thiocarbonyl (C=S) groups is 1. The van der Waals surface area contributed by atoms with E-state index in [1.807, 2.05) is 11.8 Å². The van der Waals surface area contributed by atoms with E-state index in [-0.39, 0.29) is 10.8 Å². The summed E-state index contributed by atoms with van der Waals surface area (Å²) in [6, 6.07) is 4.77. The van der Waals surface area contributed by atoms with Gasteiger partial charge >= 0.3 is 0 Å². The van der Waals surface area contributed by atoms with Crippen LogP contribution in [-0.2, 0) is 6.54 Å². The van der Waals surface area contributed by atoms with E-state index in [2.05, 4.69) is 0 Å². The lowest BCUT2D eigenvalue weighted by atomic mass is 10.1. The zero-order valence-corrected chi connectivity index (χ0v) is 12.4.